The summed E-state index contributed by atoms with van der Waals surface area (Å²) in [6, 6.07) is 6.14. The van der Waals surface area contributed by atoms with E-state index in [1.807, 2.05) is 13.8 Å². The average Bonchev–Trinajstić information content (AvgIpc) is 2.88. The van der Waals surface area contributed by atoms with Gasteiger partial charge in [-0.2, -0.15) is 5.10 Å². The molecular weight excluding hydrogens is 321 g/mol. The molecule has 1 N–H and O–H groups in total. The van der Waals surface area contributed by atoms with Crippen molar-refractivity contribution in [2.45, 2.75) is 32.8 Å². The van der Waals surface area contributed by atoms with Gasteiger partial charge < -0.3 is 10.0 Å². The average molecular weight is 343 g/mol. The van der Waals surface area contributed by atoms with Crippen molar-refractivity contribution in [1.82, 2.24) is 14.7 Å². The molecule has 1 aliphatic rings. The highest BCUT2D eigenvalue weighted by Crippen LogP contribution is 2.20. The van der Waals surface area contributed by atoms with Gasteiger partial charge in [0.1, 0.15) is 5.82 Å². The third-order valence-electron chi connectivity index (χ3n) is 4.59. The molecule has 1 amide bonds. The first-order valence-corrected chi connectivity index (χ1v) is 8.43. The zero-order valence-corrected chi connectivity index (χ0v) is 14.4. The zero-order valence-electron chi connectivity index (χ0n) is 14.4. The van der Waals surface area contributed by atoms with E-state index >= 15 is 0 Å². The molecule has 0 atom stereocenters. The number of halogens is 1. The Hall–Kier alpha value is -2.47. The van der Waals surface area contributed by atoms with E-state index in [0.29, 0.717) is 25.9 Å². The van der Waals surface area contributed by atoms with Gasteiger partial charge >= 0.3 is 0 Å². The number of carbonyl (C=O) groups is 1. The Labute approximate surface area is 146 Å². The normalized spacial score (nSPS) is 15.9. The molecule has 0 saturated carbocycles. The van der Waals surface area contributed by atoms with Crippen LogP contribution in [-0.2, 0) is 4.79 Å². The summed E-state index contributed by atoms with van der Waals surface area (Å²) in [5.41, 5.74) is 3.36. The SMILES string of the molecule is Cc1nn(-c2ccc(F)cc2)c(C)c1C=CC(=O)N1CCC(O)CC1. The maximum atomic E-state index is 13.1. The predicted octanol–water partition coefficient (Wildman–Crippen LogP) is 2.62. The smallest absolute Gasteiger partial charge is 0.246 e. The molecule has 0 unspecified atom stereocenters. The minimum atomic E-state index is -0.300. The number of aryl methyl sites for hydroxylation is 1. The second kappa shape index (κ2) is 7.19. The fourth-order valence-corrected chi connectivity index (χ4v) is 3.08. The molecule has 0 bridgehead atoms. The van der Waals surface area contributed by atoms with Crippen molar-refractivity contribution in [3.63, 3.8) is 0 Å². The van der Waals surface area contributed by atoms with Crippen LogP contribution in [0.5, 0.6) is 0 Å². The standard InChI is InChI=1S/C19H22FN3O2/c1-13-18(7-8-19(25)22-11-9-17(24)10-12-22)14(2)23(21-13)16-5-3-15(20)4-6-16/h3-8,17,24H,9-12H2,1-2H3. The van der Waals surface area contributed by atoms with Gasteiger partial charge in [0.2, 0.25) is 5.91 Å². The molecule has 25 heavy (non-hydrogen) atoms. The van der Waals surface area contributed by atoms with E-state index in [-0.39, 0.29) is 17.8 Å². The topological polar surface area (TPSA) is 58.4 Å². The molecule has 3 rings (SSSR count). The van der Waals surface area contributed by atoms with E-state index in [4.69, 9.17) is 0 Å². The molecule has 2 aromatic rings. The van der Waals surface area contributed by atoms with Gasteiger partial charge in [-0.3, -0.25) is 4.79 Å². The fraction of sp³-hybridized carbons (Fsp3) is 0.368. The van der Waals surface area contributed by atoms with Gasteiger partial charge in [-0.1, -0.05) is 0 Å². The Bertz CT molecular complexity index is 788. The Morgan fingerprint density at radius 1 is 1.24 bits per heavy atom. The highest BCUT2D eigenvalue weighted by molar-refractivity contribution is 5.92. The first kappa shape index (κ1) is 17.4. The number of carbonyl (C=O) groups excluding carboxylic acids is 1. The van der Waals surface area contributed by atoms with Crippen molar-refractivity contribution in [3.8, 4) is 5.69 Å². The van der Waals surface area contributed by atoms with Crippen LogP contribution in [0.4, 0.5) is 4.39 Å². The highest BCUT2D eigenvalue weighted by Gasteiger charge is 2.20. The summed E-state index contributed by atoms with van der Waals surface area (Å²) in [4.78, 5) is 14.1. The quantitative estimate of drug-likeness (QED) is 0.872. The molecular formula is C19H22FN3O2. The zero-order chi connectivity index (χ0) is 18.0. The molecule has 6 heteroatoms. The number of aromatic nitrogens is 2. The molecule has 132 valence electrons. The van der Waals surface area contributed by atoms with Gasteiger partial charge in [-0.05, 0) is 57.0 Å². The number of likely N-dealkylation sites (tertiary alicyclic amines) is 1. The minimum absolute atomic E-state index is 0.0553. The summed E-state index contributed by atoms with van der Waals surface area (Å²) in [6.45, 7) is 4.97. The second-order valence-electron chi connectivity index (χ2n) is 6.36. The number of piperidine rings is 1. The maximum absolute atomic E-state index is 13.1. The van der Waals surface area contributed by atoms with E-state index in [1.165, 1.54) is 12.1 Å². The molecule has 1 aromatic carbocycles. The van der Waals surface area contributed by atoms with Crippen molar-refractivity contribution in [1.29, 1.82) is 0 Å². The maximum Gasteiger partial charge on any atom is 0.246 e. The van der Waals surface area contributed by atoms with E-state index in [9.17, 15) is 14.3 Å². The van der Waals surface area contributed by atoms with Crippen LogP contribution in [0.1, 0.15) is 29.8 Å². The molecule has 0 spiro atoms. The van der Waals surface area contributed by atoms with E-state index in [1.54, 1.807) is 33.9 Å². The van der Waals surface area contributed by atoms with Gasteiger partial charge in [0, 0.05) is 30.4 Å². The first-order chi connectivity index (χ1) is 12.0. The third-order valence-corrected chi connectivity index (χ3v) is 4.59. The molecule has 2 heterocycles. The molecule has 1 saturated heterocycles. The van der Waals surface area contributed by atoms with Crippen molar-refractivity contribution in [3.05, 3.63) is 53.1 Å². The van der Waals surface area contributed by atoms with Crippen LogP contribution in [0.2, 0.25) is 0 Å². The monoisotopic (exact) mass is 343 g/mol. The van der Waals surface area contributed by atoms with Crippen LogP contribution in [0, 0.1) is 19.7 Å². The molecule has 1 aromatic heterocycles. The molecule has 1 fully saturated rings. The van der Waals surface area contributed by atoms with Crippen LogP contribution in [0.3, 0.4) is 0 Å². The number of benzene rings is 1. The van der Waals surface area contributed by atoms with Crippen LogP contribution in [0.15, 0.2) is 30.3 Å². The molecule has 0 radical (unpaired) electrons. The van der Waals surface area contributed by atoms with Gasteiger partial charge in [0.05, 0.1) is 17.5 Å². The van der Waals surface area contributed by atoms with Crippen molar-refractivity contribution < 1.29 is 14.3 Å². The van der Waals surface area contributed by atoms with Crippen LogP contribution in [-0.4, -0.2) is 44.9 Å². The minimum Gasteiger partial charge on any atom is -0.393 e. The van der Waals surface area contributed by atoms with E-state index in [2.05, 4.69) is 5.10 Å². The number of hydrogen-bond acceptors (Lipinski definition) is 3. The Morgan fingerprint density at radius 2 is 1.88 bits per heavy atom. The predicted molar refractivity (Wildman–Crippen MR) is 93.9 cm³/mol. The highest BCUT2D eigenvalue weighted by atomic mass is 19.1. The Morgan fingerprint density at radius 3 is 2.52 bits per heavy atom. The Balaban J connectivity index is 1.79. The van der Waals surface area contributed by atoms with Crippen molar-refractivity contribution in [2.75, 3.05) is 13.1 Å². The van der Waals surface area contributed by atoms with Gasteiger partial charge in [0.25, 0.3) is 0 Å². The summed E-state index contributed by atoms with van der Waals surface area (Å²) < 4.78 is 14.8. The molecule has 0 aliphatic carbocycles. The van der Waals surface area contributed by atoms with Crippen molar-refractivity contribution in [2.24, 2.45) is 0 Å². The molecule has 5 nitrogen and oxygen atoms in total. The van der Waals surface area contributed by atoms with Gasteiger partial charge in [-0.25, -0.2) is 9.07 Å². The number of nitrogens with zero attached hydrogens (tertiary/aromatic N) is 3. The lowest BCUT2D eigenvalue weighted by molar-refractivity contribution is -0.127. The van der Waals surface area contributed by atoms with Gasteiger partial charge in [0.15, 0.2) is 0 Å². The van der Waals surface area contributed by atoms with E-state index < -0.39 is 0 Å². The van der Waals surface area contributed by atoms with Crippen LogP contribution in [0.25, 0.3) is 11.8 Å². The van der Waals surface area contributed by atoms with Gasteiger partial charge in [-0.15, -0.1) is 0 Å². The third kappa shape index (κ3) is 3.79. The number of rotatable bonds is 3. The summed E-state index contributed by atoms with van der Waals surface area (Å²) in [5, 5.41) is 14.0. The summed E-state index contributed by atoms with van der Waals surface area (Å²) in [6.07, 6.45) is 4.29. The number of aliphatic hydroxyl groups excluding tert-OH is 1. The number of hydrogen-bond donors (Lipinski definition) is 1. The Kier molecular flexibility index (Phi) is 4.99. The second-order valence-corrected chi connectivity index (χ2v) is 6.36. The summed E-state index contributed by atoms with van der Waals surface area (Å²) in [5.74, 6) is -0.345. The lowest BCUT2D eigenvalue weighted by Crippen LogP contribution is -2.39. The summed E-state index contributed by atoms with van der Waals surface area (Å²) in [7, 11) is 0. The van der Waals surface area contributed by atoms with E-state index in [0.717, 1.165) is 22.6 Å². The van der Waals surface area contributed by atoms with Crippen molar-refractivity contribution >= 4 is 12.0 Å². The first-order valence-electron chi connectivity index (χ1n) is 8.43. The van der Waals surface area contributed by atoms with Crippen LogP contribution < -0.4 is 0 Å². The number of aliphatic hydroxyl groups is 1. The largest absolute Gasteiger partial charge is 0.393 e. The molecule has 1 aliphatic heterocycles. The number of amides is 1. The summed E-state index contributed by atoms with van der Waals surface area (Å²) >= 11 is 0. The lowest BCUT2D eigenvalue weighted by atomic mass is 10.1. The fourth-order valence-electron chi connectivity index (χ4n) is 3.08. The lowest BCUT2D eigenvalue weighted by Gasteiger charge is -2.28. The van der Waals surface area contributed by atoms with Crippen LogP contribution >= 0.6 is 0 Å².